The second-order valence-corrected chi connectivity index (χ2v) is 4.26. The molecule has 15 heavy (non-hydrogen) atoms. The van der Waals surface area contributed by atoms with E-state index < -0.39 is 0 Å². The first-order valence-corrected chi connectivity index (χ1v) is 5.54. The predicted octanol–water partition coefficient (Wildman–Crippen LogP) is 1.91. The molecule has 1 unspecified atom stereocenters. The van der Waals surface area contributed by atoms with Crippen LogP contribution in [0.5, 0.6) is 0 Å². The van der Waals surface area contributed by atoms with E-state index in [4.69, 9.17) is 5.41 Å². The molecule has 0 saturated carbocycles. The molecular weight excluding hydrogens is 186 g/mol. The zero-order chi connectivity index (χ0) is 10.3. The van der Waals surface area contributed by atoms with Gasteiger partial charge in [0.15, 0.2) is 5.96 Å². The Hall–Kier alpha value is -1.51. The first-order chi connectivity index (χ1) is 7.36. The Bertz CT molecular complexity index is 374. The number of anilines is 1. The highest BCUT2D eigenvalue weighted by molar-refractivity contribution is 5.96. The van der Waals surface area contributed by atoms with Gasteiger partial charge in [0.1, 0.15) is 0 Å². The molecule has 2 fully saturated rings. The Morgan fingerprint density at radius 1 is 1.20 bits per heavy atom. The minimum Gasteiger partial charge on any atom is -0.338 e. The molecule has 0 amide bonds. The van der Waals surface area contributed by atoms with Gasteiger partial charge >= 0.3 is 0 Å². The fraction of sp³-hybridized carbons (Fsp3) is 0.417. The summed E-state index contributed by atoms with van der Waals surface area (Å²) in [5, 5.41) is 8.12. The van der Waals surface area contributed by atoms with Gasteiger partial charge in [0.05, 0.1) is 0 Å². The first-order valence-electron chi connectivity index (χ1n) is 5.54. The van der Waals surface area contributed by atoms with E-state index in [1.807, 2.05) is 18.2 Å². The van der Waals surface area contributed by atoms with Crippen molar-refractivity contribution in [3.8, 4) is 0 Å². The predicted molar refractivity (Wildman–Crippen MR) is 61.2 cm³/mol. The molecule has 0 spiro atoms. The monoisotopic (exact) mass is 201 g/mol. The van der Waals surface area contributed by atoms with Crippen molar-refractivity contribution in [2.24, 2.45) is 0 Å². The molecule has 0 aromatic heterocycles. The van der Waals surface area contributed by atoms with Crippen molar-refractivity contribution in [2.45, 2.75) is 18.9 Å². The number of hydrogen-bond acceptors (Lipinski definition) is 1. The van der Waals surface area contributed by atoms with Crippen molar-refractivity contribution in [3.63, 3.8) is 0 Å². The highest BCUT2D eigenvalue weighted by atomic mass is 15.4. The summed E-state index contributed by atoms with van der Waals surface area (Å²) in [5.74, 6) is 0.684. The molecule has 2 saturated heterocycles. The summed E-state index contributed by atoms with van der Waals surface area (Å²) in [5.41, 5.74) is 1.15. The third-order valence-electron chi connectivity index (χ3n) is 3.37. The molecule has 3 rings (SSSR count). The number of hydrogen-bond donors (Lipinski definition) is 1. The molecule has 78 valence electrons. The van der Waals surface area contributed by atoms with Crippen molar-refractivity contribution in [3.05, 3.63) is 30.3 Å². The van der Waals surface area contributed by atoms with Gasteiger partial charge in [-0.1, -0.05) is 18.2 Å². The maximum Gasteiger partial charge on any atom is 0.198 e. The molecular formula is C12H15N3. The lowest BCUT2D eigenvalue weighted by Gasteiger charge is -2.20. The van der Waals surface area contributed by atoms with E-state index in [-0.39, 0.29) is 0 Å². The van der Waals surface area contributed by atoms with Gasteiger partial charge in [-0.3, -0.25) is 5.41 Å². The molecule has 2 aliphatic rings. The molecule has 0 aliphatic carbocycles. The summed E-state index contributed by atoms with van der Waals surface area (Å²) in [6, 6.07) is 10.8. The molecule has 1 atom stereocenters. The minimum atomic E-state index is 0.581. The number of nitrogens with zero attached hydrogens (tertiary/aromatic N) is 2. The minimum absolute atomic E-state index is 0.581. The fourth-order valence-corrected chi connectivity index (χ4v) is 2.59. The number of fused-ring (bicyclic) bond motifs is 1. The van der Waals surface area contributed by atoms with Crippen LogP contribution in [0.25, 0.3) is 0 Å². The second-order valence-electron chi connectivity index (χ2n) is 4.26. The zero-order valence-corrected chi connectivity index (χ0v) is 8.69. The molecule has 1 aromatic carbocycles. The van der Waals surface area contributed by atoms with Crippen molar-refractivity contribution in [1.82, 2.24) is 4.90 Å². The summed E-state index contributed by atoms with van der Waals surface area (Å²) in [7, 11) is 0. The van der Waals surface area contributed by atoms with Gasteiger partial charge in [-0.15, -0.1) is 0 Å². The molecule has 3 nitrogen and oxygen atoms in total. The lowest BCUT2D eigenvalue weighted by atomic mass is 10.2. The van der Waals surface area contributed by atoms with Crippen molar-refractivity contribution in [1.29, 1.82) is 5.41 Å². The van der Waals surface area contributed by atoms with E-state index >= 15 is 0 Å². The average molecular weight is 201 g/mol. The van der Waals surface area contributed by atoms with Crippen molar-refractivity contribution in [2.75, 3.05) is 18.0 Å². The maximum absolute atomic E-state index is 8.12. The van der Waals surface area contributed by atoms with E-state index in [1.54, 1.807) is 0 Å². The molecule has 0 bridgehead atoms. The molecule has 3 heteroatoms. The van der Waals surface area contributed by atoms with E-state index in [2.05, 4.69) is 21.9 Å². The van der Waals surface area contributed by atoms with Crippen molar-refractivity contribution >= 4 is 11.6 Å². The Balaban J connectivity index is 1.88. The smallest absolute Gasteiger partial charge is 0.198 e. The van der Waals surface area contributed by atoms with E-state index in [1.165, 1.54) is 12.8 Å². The van der Waals surface area contributed by atoms with Crippen molar-refractivity contribution < 1.29 is 0 Å². The standard InChI is InChI=1S/C12H15N3/c13-12-14-8-4-7-11(14)9-15(12)10-5-2-1-3-6-10/h1-3,5-6,11,13H,4,7-9H2. The summed E-state index contributed by atoms with van der Waals surface area (Å²) in [6.07, 6.45) is 2.49. The summed E-state index contributed by atoms with van der Waals surface area (Å²) in [6.45, 7) is 2.05. The molecule has 1 aromatic rings. The Kier molecular flexibility index (Phi) is 1.91. The molecule has 2 aliphatic heterocycles. The Morgan fingerprint density at radius 3 is 2.73 bits per heavy atom. The van der Waals surface area contributed by atoms with Crippen LogP contribution in [0.1, 0.15) is 12.8 Å². The number of para-hydroxylation sites is 1. The largest absolute Gasteiger partial charge is 0.338 e. The van der Waals surface area contributed by atoms with Crippen LogP contribution < -0.4 is 4.90 Å². The lowest BCUT2D eigenvalue weighted by Crippen LogP contribution is -2.32. The summed E-state index contributed by atoms with van der Waals surface area (Å²) < 4.78 is 0. The summed E-state index contributed by atoms with van der Waals surface area (Å²) in [4.78, 5) is 4.34. The fourth-order valence-electron chi connectivity index (χ4n) is 2.59. The molecule has 0 radical (unpaired) electrons. The van der Waals surface area contributed by atoms with Gasteiger partial charge in [0.2, 0.25) is 0 Å². The SMILES string of the molecule is N=C1N(c2ccccc2)CC2CCCN12. The van der Waals surface area contributed by atoms with Gasteiger partial charge in [0.25, 0.3) is 0 Å². The van der Waals surface area contributed by atoms with Crippen LogP contribution in [0, 0.1) is 5.41 Å². The Morgan fingerprint density at radius 2 is 2.00 bits per heavy atom. The summed E-state index contributed by atoms with van der Waals surface area (Å²) >= 11 is 0. The average Bonchev–Trinajstić information content (AvgIpc) is 2.83. The van der Waals surface area contributed by atoms with Crippen LogP contribution in [-0.4, -0.2) is 30.0 Å². The highest BCUT2D eigenvalue weighted by Crippen LogP contribution is 2.29. The topological polar surface area (TPSA) is 30.3 Å². The van der Waals surface area contributed by atoms with Gasteiger partial charge in [-0.25, -0.2) is 0 Å². The van der Waals surface area contributed by atoms with Gasteiger partial charge in [-0.05, 0) is 25.0 Å². The number of nitrogens with one attached hydrogen (secondary N) is 1. The number of rotatable bonds is 1. The van der Waals surface area contributed by atoms with Crippen LogP contribution in [-0.2, 0) is 0 Å². The maximum atomic E-state index is 8.12. The van der Waals surface area contributed by atoms with Crippen LogP contribution in [0.4, 0.5) is 5.69 Å². The highest BCUT2D eigenvalue weighted by Gasteiger charge is 2.37. The third kappa shape index (κ3) is 1.30. The van der Waals surface area contributed by atoms with E-state index in [0.717, 1.165) is 18.8 Å². The van der Waals surface area contributed by atoms with Gasteiger partial charge in [0, 0.05) is 24.8 Å². The third-order valence-corrected chi connectivity index (χ3v) is 3.37. The van der Waals surface area contributed by atoms with Crippen LogP contribution in [0.3, 0.4) is 0 Å². The van der Waals surface area contributed by atoms with Gasteiger partial charge < -0.3 is 9.80 Å². The van der Waals surface area contributed by atoms with Crippen LogP contribution in [0.2, 0.25) is 0 Å². The quantitative estimate of drug-likeness (QED) is 0.752. The second kappa shape index (κ2) is 3.26. The lowest BCUT2D eigenvalue weighted by molar-refractivity contribution is 0.436. The van der Waals surface area contributed by atoms with E-state index in [9.17, 15) is 0 Å². The van der Waals surface area contributed by atoms with Crippen LogP contribution in [0.15, 0.2) is 30.3 Å². The molecule has 2 heterocycles. The number of benzene rings is 1. The van der Waals surface area contributed by atoms with Crippen LogP contribution >= 0.6 is 0 Å². The molecule has 1 N–H and O–H groups in total. The first kappa shape index (κ1) is 8.77. The zero-order valence-electron chi connectivity index (χ0n) is 8.69. The normalized spacial score (nSPS) is 24.8. The Labute approximate surface area is 89.8 Å². The van der Waals surface area contributed by atoms with E-state index in [0.29, 0.717) is 12.0 Å². The number of guanidine groups is 1. The van der Waals surface area contributed by atoms with Gasteiger partial charge in [-0.2, -0.15) is 0 Å².